The number of carbonyl (C=O) groups excluding carboxylic acids is 1. The van der Waals surface area contributed by atoms with Crippen LogP contribution in [0.1, 0.15) is 51.9 Å². The fourth-order valence-corrected chi connectivity index (χ4v) is 2.60. The number of rotatable bonds is 7. The summed E-state index contributed by atoms with van der Waals surface area (Å²) >= 11 is 0. The lowest BCUT2D eigenvalue weighted by molar-refractivity contribution is -0.132. The lowest BCUT2D eigenvalue weighted by Gasteiger charge is -2.21. The molecule has 1 amide bonds. The van der Waals surface area contributed by atoms with Crippen LogP contribution in [0.5, 0.6) is 0 Å². The van der Waals surface area contributed by atoms with Gasteiger partial charge in [-0.15, -0.1) is 0 Å². The van der Waals surface area contributed by atoms with Crippen LogP contribution in [0.3, 0.4) is 0 Å². The van der Waals surface area contributed by atoms with Crippen LogP contribution >= 0.6 is 0 Å². The minimum atomic E-state index is 0.350. The Bertz CT molecular complexity index is 341. The summed E-state index contributed by atoms with van der Waals surface area (Å²) in [5.41, 5.74) is 0. The van der Waals surface area contributed by atoms with Crippen molar-refractivity contribution >= 4 is 5.91 Å². The summed E-state index contributed by atoms with van der Waals surface area (Å²) in [5.74, 6) is 1.43. The molecule has 0 radical (unpaired) electrons. The molecule has 1 fully saturated rings. The fourth-order valence-electron chi connectivity index (χ4n) is 2.60. The maximum absolute atomic E-state index is 12.2. The van der Waals surface area contributed by atoms with Gasteiger partial charge in [-0.05, 0) is 44.4 Å². The van der Waals surface area contributed by atoms with E-state index in [1.54, 1.807) is 0 Å². The van der Waals surface area contributed by atoms with Crippen molar-refractivity contribution in [3.05, 3.63) is 24.3 Å². The lowest BCUT2D eigenvalue weighted by atomic mass is 9.94. The Hall–Kier alpha value is -1.05. The van der Waals surface area contributed by atoms with Crippen molar-refractivity contribution in [1.82, 2.24) is 4.90 Å². The molecule has 1 atom stereocenters. The predicted octanol–water partition coefficient (Wildman–Crippen LogP) is 3.94. The third-order valence-corrected chi connectivity index (χ3v) is 4.06. The van der Waals surface area contributed by atoms with Gasteiger partial charge in [0.2, 0.25) is 5.91 Å². The zero-order chi connectivity index (χ0) is 13.5. The molecule has 0 heterocycles. The Morgan fingerprint density at radius 2 is 2.16 bits per heavy atom. The smallest absolute Gasteiger partial charge is 0.225 e. The first kappa shape index (κ1) is 14.4. The third-order valence-electron chi connectivity index (χ3n) is 4.06. The Balaban J connectivity index is 1.79. The van der Waals surface area contributed by atoms with Crippen molar-refractivity contribution in [2.45, 2.75) is 51.9 Å². The van der Waals surface area contributed by atoms with Crippen LogP contribution in [-0.2, 0) is 4.79 Å². The van der Waals surface area contributed by atoms with E-state index in [0.29, 0.717) is 17.7 Å². The van der Waals surface area contributed by atoms with Gasteiger partial charge >= 0.3 is 0 Å². The minimum Gasteiger partial charge on any atom is -0.339 e. The highest BCUT2D eigenvalue weighted by atomic mass is 16.2. The minimum absolute atomic E-state index is 0.350. The van der Waals surface area contributed by atoms with Gasteiger partial charge in [-0.1, -0.05) is 37.6 Å². The summed E-state index contributed by atoms with van der Waals surface area (Å²) in [6.07, 6.45) is 17.2. The molecule has 0 N–H and O–H groups in total. The molecule has 1 saturated carbocycles. The van der Waals surface area contributed by atoms with E-state index in [1.807, 2.05) is 0 Å². The van der Waals surface area contributed by atoms with Gasteiger partial charge < -0.3 is 4.90 Å². The molecule has 0 aliphatic heterocycles. The van der Waals surface area contributed by atoms with Gasteiger partial charge in [0.15, 0.2) is 0 Å². The summed E-state index contributed by atoms with van der Waals surface area (Å²) in [6, 6.07) is 0. The molecule has 106 valence electrons. The summed E-state index contributed by atoms with van der Waals surface area (Å²) in [5, 5.41) is 0. The van der Waals surface area contributed by atoms with Crippen LogP contribution in [0.4, 0.5) is 0 Å². The number of allylic oxidation sites excluding steroid dienone is 3. The molecule has 2 aliphatic rings. The van der Waals surface area contributed by atoms with Crippen LogP contribution in [0.2, 0.25) is 0 Å². The monoisotopic (exact) mass is 261 g/mol. The van der Waals surface area contributed by atoms with Crippen molar-refractivity contribution in [1.29, 1.82) is 0 Å². The third kappa shape index (κ3) is 4.85. The van der Waals surface area contributed by atoms with E-state index in [-0.39, 0.29) is 0 Å². The standard InChI is InChI=1S/C17H27NO/c1-2-3-13-18(17(19)16-11-12-16)14-7-10-15-8-5-4-6-9-15/h4-5,7,10,15-16H,2-3,6,8-9,11-14H2,1H3. The van der Waals surface area contributed by atoms with E-state index >= 15 is 0 Å². The lowest BCUT2D eigenvalue weighted by Crippen LogP contribution is -2.33. The van der Waals surface area contributed by atoms with E-state index in [2.05, 4.69) is 36.1 Å². The highest BCUT2D eigenvalue weighted by molar-refractivity contribution is 5.81. The molecule has 2 aliphatic carbocycles. The highest BCUT2D eigenvalue weighted by Crippen LogP contribution is 2.31. The van der Waals surface area contributed by atoms with Gasteiger partial charge in [-0.2, -0.15) is 0 Å². The Labute approximate surface area is 117 Å². The second kappa shape index (κ2) is 7.52. The molecule has 2 rings (SSSR count). The molecule has 1 unspecified atom stereocenters. The first-order valence-corrected chi connectivity index (χ1v) is 7.91. The second-order valence-corrected chi connectivity index (χ2v) is 5.88. The van der Waals surface area contributed by atoms with Gasteiger partial charge in [0, 0.05) is 19.0 Å². The molecule has 0 aromatic rings. The Morgan fingerprint density at radius 3 is 2.79 bits per heavy atom. The Morgan fingerprint density at radius 1 is 1.32 bits per heavy atom. The van der Waals surface area contributed by atoms with Gasteiger partial charge in [0.25, 0.3) is 0 Å². The number of hydrogen-bond acceptors (Lipinski definition) is 1. The molecule has 0 saturated heterocycles. The molecule has 19 heavy (non-hydrogen) atoms. The largest absolute Gasteiger partial charge is 0.339 e. The van der Waals surface area contributed by atoms with Gasteiger partial charge in [0.1, 0.15) is 0 Å². The van der Waals surface area contributed by atoms with Crippen molar-refractivity contribution in [3.63, 3.8) is 0 Å². The van der Waals surface area contributed by atoms with Crippen LogP contribution in [0.25, 0.3) is 0 Å². The van der Waals surface area contributed by atoms with Crippen LogP contribution in [0, 0.1) is 11.8 Å². The van der Waals surface area contributed by atoms with Crippen LogP contribution in [0.15, 0.2) is 24.3 Å². The van der Waals surface area contributed by atoms with Crippen molar-refractivity contribution in [3.8, 4) is 0 Å². The van der Waals surface area contributed by atoms with E-state index in [1.165, 1.54) is 19.3 Å². The average Bonchev–Trinajstić information content (AvgIpc) is 3.27. The van der Waals surface area contributed by atoms with Crippen LogP contribution < -0.4 is 0 Å². The molecule has 0 spiro atoms. The van der Waals surface area contributed by atoms with Gasteiger partial charge in [-0.3, -0.25) is 4.79 Å². The zero-order valence-corrected chi connectivity index (χ0v) is 12.2. The normalized spacial score (nSPS) is 22.9. The topological polar surface area (TPSA) is 20.3 Å². The SMILES string of the molecule is CCCCN(CC=CC1CC=CCC1)C(=O)C1CC1. The summed E-state index contributed by atoms with van der Waals surface area (Å²) in [7, 11) is 0. The maximum atomic E-state index is 12.2. The first-order chi connectivity index (χ1) is 9.31. The summed E-state index contributed by atoms with van der Waals surface area (Å²) in [6.45, 7) is 3.93. The fraction of sp³-hybridized carbons (Fsp3) is 0.706. The van der Waals surface area contributed by atoms with Crippen molar-refractivity contribution in [2.75, 3.05) is 13.1 Å². The van der Waals surface area contributed by atoms with Crippen molar-refractivity contribution in [2.24, 2.45) is 11.8 Å². The number of unbranched alkanes of at least 4 members (excludes halogenated alkanes) is 1. The van der Waals surface area contributed by atoms with Gasteiger partial charge in [-0.25, -0.2) is 0 Å². The number of amides is 1. The quantitative estimate of drug-likeness (QED) is 0.636. The number of hydrogen-bond donors (Lipinski definition) is 0. The Kier molecular flexibility index (Phi) is 5.68. The predicted molar refractivity (Wildman–Crippen MR) is 79.8 cm³/mol. The first-order valence-electron chi connectivity index (χ1n) is 7.91. The van der Waals surface area contributed by atoms with E-state index in [9.17, 15) is 4.79 Å². The van der Waals surface area contributed by atoms with E-state index in [4.69, 9.17) is 0 Å². The van der Waals surface area contributed by atoms with Gasteiger partial charge in [0.05, 0.1) is 0 Å². The number of carbonyl (C=O) groups is 1. The van der Waals surface area contributed by atoms with Crippen molar-refractivity contribution < 1.29 is 4.79 Å². The molecule has 0 aromatic carbocycles. The molecule has 2 heteroatoms. The van der Waals surface area contributed by atoms with E-state index < -0.39 is 0 Å². The highest BCUT2D eigenvalue weighted by Gasteiger charge is 2.32. The molecule has 0 bridgehead atoms. The summed E-state index contributed by atoms with van der Waals surface area (Å²) in [4.78, 5) is 14.2. The molecular weight excluding hydrogens is 234 g/mol. The second-order valence-electron chi connectivity index (χ2n) is 5.88. The summed E-state index contributed by atoms with van der Waals surface area (Å²) < 4.78 is 0. The molecular formula is C17H27NO. The van der Waals surface area contributed by atoms with Crippen LogP contribution in [-0.4, -0.2) is 23.9 Å². The zero-order valence-electron chi connectivity index (χ0n) is 12.2. The maximum Gasteiger partial charge on any atom is 0.225 e. The molecule has 0 aromatic heterocycles. The number of nitrogens with zero attached hydrogens (tertiary/aromatic N) is 1. The molecule has 2 nitrogen and oxygen atoms in total. The average molecular weight is 261 g/mol. The van der Waals surface area contributed by atoms with E-state index in [0.717, 1.165) is 38.8 Å².